The molecule has 3 nitrogen and oxygen atoms in total. The van der Waals surface area contributed by atoms with Crippen molar-refractivity contribution in [2.75, 3.05) is 27.2 Å². The van der Waals surface area contributed by atoms with Gasteiger partial charge in [-0.1, -0.05) is 0 Å². The Bertz CT molecular complexity index is 170. The zero-order valence-corrected chi connectivity index (χ0v) is 8.68. The molecule has 13 heavy (non-hydrogen) atoms. The lowest BCUT2D eigenvalue weighted by molar-refractivity contribution is -0.121. The van der Waals surface area contributed by atoms with Gasteiger partial charge >= 0.3 is 0 Å². The lowest BCUT2D eigenvalue weighted by Gasteiger charge is -2.13. The Labute approximate surface area is 80.5 Å². The van der Waals surface area contributed by atoms with Crippen LogP contribution in [-0.2, 0) is 4.79 Å². The molecular weight excluding hydrogens is 164 g/mol. The van der Waals surface area contributed by atoms with E-state index in [2.05, 4.69) is 17.3 Å². The Hall–Kier alpha value is -0.570. The molecule has 0 aromatic heterocycles. The number of nitrogens with zero attached hydrogens (tertiary/aromatic N) is 1. The summed E-state index contributed by atoms with van der Waals surface area (Å²) in [5.74, 6) is 0.791. The Morgan fingerprint density at radius 1 is 1.46 bits per heavy atom. The lowest BCUT2D eigenvalue weighted by atomic mass is 9.97. The molecule has 1 aliphatic rings. The molecule has 0 saturated carbocycles. The third-order valence-corrected chi connectivity index (χ3v) is 2.82. The quantitative estimate of drug-likeness (QED) is 0.690. The van der Waals surface area contributed by atoms with E-state index in [4.69, 9.17) is 0 Å². The standard InChI is InChI=1S/C10H20N2O/c1-11-10(13)8-9-4-3-6-12(2)7-5-9/h9H,3-8H2,1-2H3,(H,11,13). The van der Waals surface area contributed by atoms with Gasteiger partial charge in [-0.05, 0) is 45.3 Å². The lowest BCUT2D eigenvalue weighted by Crippen LogP contribution is -2.22. The van der Waals surface area contributed by atoms with Crippen LogP contribution in [0, 0.1) is 5.92 Å². The number of nitrogens with one attached hydrogen (secondary N) is 1. The third kappa shape index (κ3) is 3.77. The molecule has 0 bridgehead atoms. The van der Waals surface area contributed by atoms with Crippen molar-refractivity contribution in [1.29, 1.82) is 0 Å². The maximum absolute atomic E-state index is 11.1. The summed E-state index contributed by atoms with van der Waals surface area (Å²) in [6, 6.07) is 0. The molecule has 3 heteroatoms. The average Bonchev–Trinajstić information content (AvgIpc) is 2.31. The summed E-state index contributed by atoms with van der Waals surface area (Å²) in [6.07, 6.45) is 4.32. The van der Waals surface area contributed by atoms with Gasteiger partial charge in [0.1, 0.15) is 0 Å². The highest BCUT2D eigenvalue weighted by atomic mass is 16.1. The van der Waals surface area contributed by atoms with Crippen LogP contribution in [0.5, 0.6) is 0 Å². The van der Waals surface area contributed by atoms with Gasteiger partial charge in [0.25, 0.3) is 0 Å². The van der Waals surface area contributed by atoms with Crippen LogP contribution in [0.4, 0.5) is 0 Å². The van der Waals surface area contributed by atoms with E-state index in [9.17, 15) is 4.79 Å². The second kappa shape index (κ2) is 5.22. The molecule has 0 radical (unpaired) electrons. The molecule has 0 spiro atoms. The van der Waals surface area contributed by atoms with Crippen LogP contribution < -0.4 is 5.32 Å². The SMILES string of the molecule is CNC(=O)CC1CCCN(C)CC1. The monoisotopic (exact) mass is 184 g/mol. The van der Waals surface area contributed by atoms with Crippen LogP contribution in [-0.4, -0.2) is 38.0 Å². The molecular formula is C10H20N2O. The predicted octanol–water partition coefficient (Wildman–Crippen LogP) is 0.854. The zero-order chi connectivity index (χ0) is 9.68. The van der Waals surface area contributed by atoms with E-state index in [1.54, 1.807) is 7.05 Å². The summed E-state index contributed by atoms with van der Waals surface area (Å²) in [5, 5.41) is 2.69. The van der Waals surface area contributed by atoms with Crippen molar-refractivity contribution in [3.63, 3.8) is 0 Å². The summed E-state index contributed by atoms with van der Waals surface area (Å²) >= 11 is 0. The zero-order valence-electron chi connectivity index (χ0n) is 8.68. The van der Waals surface area contributed by atoms with Gasteiger partial charge in [0.15, 0.2) is 0 Å². The van der Waals surface area contributed by atoms with Crippen LogP contribution in [0.25, 0.3) is 0 Å². The van der Waals surface area contributed by atoms with Crippen LogP contribution in [0.1, 0.15) is 25.7 Å². The van der Waals surface area contributed by atoms with Gasteiger partial charge in [0, 0.05) is 13.5 Å². The second-order valence-corrected chi connectivity index (χ2v) is 3.98. The molecule has 1 rings (SSSR count). The number of rotatable bonds is 2. The van der Waals surface area contributed by atoms with E-state index in [0.717, 1.165) is 6.54 Å². The van der Waals surface area contributed by atoms with Crippen molar-refractivity contribution in [3.05, 3.63) is 0 Å². The summed E-state index contributed by atoms with van der Waals surface area (Å²) in [6.45, 7) is 2.33. The smallest absolute Gasteiger partial charge is 0.220 e. The van der Waals surface area contributed by atoms with Gasteiger partial charge in [0.05, 0.1) is 0 Å². The molecule has 0 aromatic carbocycles. The van der Waals surface area contributed by atoms with Crippen molar-refractivity contribution in [3.8, 4) is 0 Å². The van der Waals surface area contributed by atoms with E-state index in [0.29, 0.717) is 12.3 Å². The topological polar surface area (TPSA) is 32.3 Å². The molecule has 76 valence electrons. The molecule has 1 unspecified atom stereocenters. The maximum Gasteiger partial charge on any atom is 0.220 e. The van der Waals surface area contributed by atoms with Gasteiger partial charge in [0.2, 0.25) is 5.91 Å². The number of amides is 1. The Morgan fingerprint density at radius 2 is 2.23 bits per heavy atom. The largest absolute Gasteiger partial charge is 0.359 e. The molecule has 1 amide bonds. The number of hydrogen-bond donors (Lipinski definition) is 1. The second-order valence-electron chi connectivity index (χ2n) is 3.98. The van der Waals surface area contributed by atoms with Crippen molar-refractivity contribution in [1.82, 2.24) is 10.2 Å². The fourth-order valence-electron chi connectivity index (χ4n) is 1.88. The Kier molecular flexibility index (Phi) is 4.22. The first kappa shape index (κ1) is 10.5. The molecule has 1 aliphatic heterocycles. The van der Waals surface area contributed by atoms with Crippen LogP contribution in [0.2, 0.25) is 0 Å². The molecule has 1 fully saturated rings. The summed E-state index contributed by atoms with van der Waals surface area (Å²) < 4.78 is 0. The minimum Gasteiger partial charge on any atom is -0.359 e. The maximum atomic E-state index is 11.1. The van der Waals surface area contributed by atoms with Crippen LogP contribution in [0.3, 0.4) is 0 Å². The first-order chi connectivity index (χ1) is 6.22. The Balaban J connectivity index is 2.29. The number of carbonyl (C=O) groups excluding carboxylic acids is 1. The van der Waals surface area contributed by atoms with Crippen molar-refractivity contribution in [2.24, 2.45) is 5.92 Å². The Morgan fingerprint density at radius 3 is 2.92 bits per heavy atom. The third-order valence-electron chi connectivity index (χ3n) is 2.82. The van der Waals surface area contributed by atoms with Gasteiger partial charge < -0.3 is 10.2 Å². The minimum atomic E-state index is 0.189. The van der Waals surface area contributed by atoms with Crippen LogP contribution >= 0.6 is 0 Å². The van der Waals surface area contributed by atoms with Crippen molar-refractivity contribution < 1.29 is 4.79 Å². The van der Waals surface area contributed by atoms with E-state index in [1.165, 1.54) is 25.8 Å². The minimum absolute atomic E-state index is 0.189. The van der Waals surface area contributed by atoms with Gasteiger partial charge in [-0.25, -0.2) is 0 Å². The average molecular weight is 184 g/mol. The highest BCUT2D eigenvalue weighted by Gasteiger charge is 2.16. The van der Waals surface area contributed by atoms with Gasteiger partial charge in [-0.15, -0.1) is 0 Å². The molecule has 1 N–H and O–H groups in total. The van der Waals surface area contributed by atoms with E-state index < -0.39 is 0 Å². The van der Waals surface area contributed by atoms with Crippen molar-refractivity contribution >= 4 is 5.91 Å². The number of hydrogen-bond acceptors (Lipinski definition) is 2. The molecule has 0 aliphatic carbocycles. The summed E-state index contributed by atoms with van der Waals surface area (Å²) in [5.41, 5.74) is 0. The molecule has 1 saturated heterocycles. The van der Waals surface area contributed by atoms with E-state index in [-0.39, 0.29) is 5.91 Å². The van der Waals surface area contributed by atoms with Crippen molar-refractivity contribution in [2.45, 2.75) is 25.7 Å². The molecule has 1 atom stereocenters. The fourth-order valence-corrected chi connectivity index (χ4v) is 1.88. The highest BCUT2D eigenvalue weighted by molar-refractivity contribution is 5.75. The fraction of sp³-hybridized carbons (Fsp3) is 0.900. The van der Waals surface area contributed by atoms with E-state index in [1.807, 2.05) is 0 Å². The molecule has 1 heterocycles. The van der Waals surface area contributed by atoms with Crippen LogP contribution in [0.15, 0.2) is 0 Å². The van der Waals surface area contributed by atoms with E-state index >= 15 is 0 Å². The first-order valence-corrected chi connectivity index (χ1v) is 5.11. The number of likely N-dealkylation sites (tertiary alicyclic amines) is 1. The molecule has 0 aromatic rings. The normalized spacial score (nSPS) is 25.2. The predicted molar refractivity (Wildman–Crippen MR) is 53.5 cm³/mol. The summed E-state index contributed by atoms with van der Waals surface area (Å²) in [4.78, 5) is 13.5. The number of carbonyl (C=O) groups is 1. The summed E-state index contributed by atoms with van der Waals surface area (Å²) in [7, 11) is 3.87. The highest BCUT2D eigenvalue weighted by Crippen LogP contribution is 2.19. The first-order valence-electron chi connectivity index (χ1n) is 5.11. The van der Waals surface area contributed by atoms with Gasteiger partial charge in [-0.3, -0.25) is 4.79 Å². The van der Waals surface area contributed by atoms with Gasteiger partial charge in [-0.2, -0.15) is 0 Å².